The molecule has 1 saturated heterocycles. The summed E-state index contributed by atoms with van der Waals surface area (Å²) >= 11 is 0. The van der Waals surface area contributed by atoms with Crippen molar-refractivity contribution in [2.24, 2.45) is 0 Å². The Morgan fingerprint density at radius 2 is 1.80 bits per heavy atom. The first-order chi connectivity index (χ1) is 14.7. The molecule has 1 aliphatic rings. The molecule has 0 unspecified atom stereocenters. The van der Waals surface area contributed by atoms with Gasteiger partial charge >= 0.3 is 0 Å². The highest BCUT2D eigenvalue weighted by molar-refractivity contribution is 5.93. The van der Waals surface area contributed by atoms with Gasteiger partial charge in [0.2, 0.25) is 0 Å². The summed E-state index contributed by atoms with van der Waals surface area (Å²) in [5.74, 6) is 0.725. The van der Waals surface area contributed by atoms with Crippen molar-refractivity contribution in [1.82, 2.24) is 20.0 Å². The van der Waals surface area contributed by atoms with E-state index >= 15 is 0 Å². The van der Waals surface area contributed by atoms with E-state index in [0.717, 1.165) is 30.9 Å². The molecule has 3 aromatic rings. The fraction of sp³-hybridized carbons (Fsp3) is 0.250. The zero-order chi connectivity index (χ0) is 20.8. The maximum absolute atomic E-state index is 12.9. The number of para-hydroxylation sites is 1. The van der Waals surface area contributed by atoms with E-state index in [-0.39, 0.29) is 5.91 Å². The molecule has 1 N–H and O–H groups in total. The van der Waals surface area contributed by atoms with Crippen molar-refractivity contribution in [3.63, 3.8) is 0 Å². The number of amides is 1. The molecule has 6 heteroatoms. The molecule has 1 aromatic heterocycles. The minimum Gasteiger partial charge on any atom is -0.496 e. The number of hydrogen-bond donors (Lipinski definition) is 1. The highest BCUT2D eigenvalue weighted by atomic mass is 16.5. The van der Waals surface area contributed by atoms with E-state index in [4.69, 9.17) is 4.74 Å². The number of rotatable bonds is 6. The molecule has 0 saturated carbocycles. The molecule has 1 amide bonds. The molecule has 1 aliphatic heterocycles. The van der Waals surface area contributed by atoms with Crippen molar-refractivity contribution in [2.75, 3.05) is 39.8 Å². The Kier molecular flexibility index (Phi) is 6.25. The predicted molar refractivity (Wildman–Crippen MR) is 118 cm³/mol. The van der Waals surface area contributed by atoms with E-state index < -0.39 is 0 Å². The van der Waals surface area contributed by atoms with E-state index in [0.29, 0.717) is 24.5 Å². The summed E-state index contributed by atoms with van der Waals surface area (Å²) < 4.78 is 5.40. The van der Waals surface area contributed by atoms with Crippen LogP contribution in [-0.4, -0.2) is 65.7 Å². The number of aromatic amines is 1. The van der Waals surface area contributed by atoms with Crippen LogP contribution in [0.15, 0.2) is 66.7 Å². The van der Waals surface area contributed by atoms with Gasteiger partial charge in [0.15, 0.2) is 0 Å². The molecule has 154 valence electrons. The molecule has 4 rings (SSSR count). The summed E-state index contributed by atoms with van der Waals surface area (Å²) in [6, 6.07) is 19.8. The number of piperazine rings is 1. The molecule has 6 nitrogen and oxygen atoms in total. The van der Waals surface area contributed by atoms with Crippen LogP contribution in [-0.2, 0) is 0 Å². The number of hydrogen-bond acceptors (Lipinski definition) is 4. The first-order valence-electron chi connectivity index (χ1n) is 10.2. The van der Waals surface area contributed by atoms with Crippen molar-refractivity contribution >= 4 is 12.0 Å². The Hall–Kier alpha value is -3.38. The van der Waals surface area contributed by atoms with Crippen LogP contribution < -0.4 is 4.74 Å². The lowest BCUT2D eigenvalue weighted by molar-refractivity contribution is 0.0644. The Bertz CT molecular complexity index is 1000. The first-order valence-corrected chi connectivity index (χ1v) is 10.2. The zero-order valence-corrected chi connectivity index (χ0v) is 17.1. The lowest BCUT2D eigenvalue weighted by Crippen LogP contribution is -2.48. The van der Waals surface area contributed by atoms with E-state index in [9.17, 15) is 4.79 Å². The third-order valence-electron chi connectivity index (χ3n) is 5.32. The number of nitrogens with one attached hydrogen (secondary N) is 1. The van der Waals surface area contributed by atoms with Gasteiger partial charge in [0, 0.05) is 38.3 Å². The molecule has 0 radical (unpaired) electrons. The SMILES string of the molecule is COc1ccccc1-c1cc(C(=O)N2CCN(C/C=C/c3ccccc3)CC2)[nH]n1. The van der Waals surface area contributed by atoms with Crippen LogP contribution in [0.5, 0.6) is 5.75 Å². The minimum atomic E-state index is -0.0110. The third-order valence-corrected chi connectivity index (χ3v) is 5.32. The van der Waals surface area contributed by atoms with Gasteiger partial charge < -0.3 is 9.64 Å². The van der Waals surface area contributed by atoms with Gasteiger partial charge in [-0.3, -0.25) is 14.8 Å². The summed E-state index contributed by atoms with van der Waals surface area (Å²) in [6.07, 6.45) is 4.32. The Morgan fingerprint density at radius 3 is 2.57 bits per heavy atom. The van der Waals surface area contributed by atoms with Crippen LogP contribution in [0.4, 0.5) is 0 Å². The number of nitrogens with zero attached hydrogens (tertiary/aromatic N) is 3. The molecule has 0 bridgehead atoms. The van der Waals surface area contributed by atoms with Crippen molar-refractivity contribution in [1.29, 1.82) is 0 Å². The second-order valence-electron chi connectivity index (χ2n) is 7.27. The van der Waals surface area contributed by atoms with Gasteiger partial charge in [-0.1, -0.05) is 54.6 Å². The van der Waals surface area contributed by atoms with Gasteiger partial charge in [0.25, 0.3) is 5.91 Å². The van der Waals surface area contributed by atoms with Crippen molar-refractivity contribution in [3.8, 4) is 17.0 Å². The topological polar surface area (TPSA) is 61.5 Å². The number of benzene rings is 2. The molecular weight excluding hydrogens is 376 g/mol. The van der Waals surface area contributed by atoms with Gasteiger partial charge in [-0.05, 0) is 23.8 Å². The maximum atomic E-state index is 12.9. The summed E-state index contributed by atoms with van der Waals surface area (Å²) in [7, 11) is 1.63. The third kappa shape index (κ3) is 4.60. The zero-order valence-electron chi connectivity index (χ0n) is 17.1. The second-order valence-corrected chi connectivity index (χ2v) is 7.27. The highest BCUT2D eigenvalue weighted by Gasteiger charge is 2.23. The molecule has 2 aromatic carbocycles. The first kappa shape index (κ1) is 19.9. The van der Waals surface area contributed by atoms with E-state index in [1.54, 1.807) is 13.2 Å². The Labute approximate surface area is 176 Å². The van der Waals surface area contributed by atoms with Crippen LogP contribution >= 0.6 is 0 Å². The van der Waals surface area contributed by atoms with Crippen LogP contribution in [0.1, 0.15) is 16.1 Å². The number of carbonyl (C=O) groups excluding carboxylic acids is 1. The van der Waals surface area contributed by atoms with Gasteiger partial charge in [0.1, 0.15) is 11.4 Å². The molecular formula is C24H26N4O2. The number of carbonyl (C=O) groups is 1. The highest BCUT2D eigenvalue weighted by Crippen LogP contribution is 2.28. The minimum absolute atomic E-state index is 0.0110. The molecule has 30 heavy (non-hydrogen) atoms. The average Bonchev–Trinajstić information content (AvgIpc) is 3.30. The summed E-state index contributed by atoms with van der Waals surface area (Å²) in [5.41, 5.74) is 3.29. The van der Waals surface area contributed by atoms with Gasteiger partial charge in [-0.25, -0.2) is 0 Å². The maximum Gasteiger partial charge on any atom is 0.271 e. The summed E-state index contributed by atoms with van der Waals surface area (Å²) in [5, 5.41) is 7.22. The molecule has 2 heterocycles. The lowest BCUT2D eigenvalue weighted by Gasteiger charge is -2.33. The molecule has 0 atom stereocenters. The smallest absolute Gasteiger partial charge is 0.271 e. The van der Waals surface area contributed by atoms with Crippen LogP contribution in [0, 0.1) is 0 Å². The van der Waals surface area contributed by atoms with Gasteiger partial charge in [-0.2, -0.15) is 5.10 Å². The fourth-order valence-electron chi connectivity index (χ4n) is 3.63. The van der Waals surface area contributed by atoms with Crippen LogP contribution in [0.2, 0.25) is 0 Å². The normalized spacial score (nSPS) is 14.9. The Balaban J connectivity index is 1.32. The quantitative estimate of drug-likeness (QED) is 0.685. The summed E-state index contributed by atoms with van der Waals surface area (Å²) in [6.45, 7) is 4.03. The number of H-pyrrole nitrogens is 1. The molecule has 0 spiro atoms. The van der Waals surface area contributed by atoms with Gasteiger partial charge in [0.05, 0.1) is 12.8 Å². The fourth-order valence-corrected chi connectivity index (χ4v) is 3.63. The lowest BCUT2D eigenvalue weighted by atomic mass is 10.1. The number of aromatic nitrogens is 2. The van der Waals surface area contributed by atoms with Gasteiger partial charge in [-0.15, -0.1) is 0 Å². The monoisotopic (exact) mass is 402 g/mol. The number of ether oxygens (including phenoxy) is 1. The van der Waals surface area contributed by atoms with E-state index in [1.807, 2.05) is 47.4 Å². The number of methoxy groups -OCH3 is 1. The van der Waals surface area contributed by atoms with Crippen molar-refractivity contribution in [3.05, 3.63) is 78.0 Å². The largest absolute Gasteiger partial charge is 0.496 e. The van der Waals surface area contributed by atoms with Crippen molar-refractivity contribution < 1.29 is 9.53 Å². The van der Waals surface area contributed by atoms with Crippen LogP contribution in [0.25, 0.3) is 17.3 Å². The van der Waals surface area contributed by atoms with Crippen LogP contribution in [0.3, 0.4) is 0 Å². The second kappa shape index (κ2) is 9.41. The average molecular weight is 402 g/mol. The Morgan fingerprint density at radius 1 is 1.07 bits per heavy atom. The van der Waals surface area contributed by atoms with Crippen molar-refractivity contribution in [2.45, 2.75) is 0 Å². The standard InChI is InChI=1S/C24H26N4O2/c1-30-23-12-6-5-11-20(23)21-18-22(26-25-21)24(29)28-16-14-27(15-17-28)13-7-10-19-8-3-2-4-9-19/h2-12,18H,13-17H2,1H3,(H,25,26)/b10-7+. The molecule has 1 fully saturated rings. The summed E-state index contributed by atoms with van der Waals surface area (Å²) in [4.78, 5) is 17.1. The molecule has 0 aliphatic carbocycles. The predicted octanol–water partition coefficient (Wildman–Crippen LogP) is 3.56. The van der Waals surface area contributed by atoms with E-state index in [1.165, 1.54) is 5.56 Å². The van der Waals surface area contributed by atoms with E-state index in [2.05, 4.69) is 39.4 Å².